The van der Waals surface area contributed by atoms with Crippen molar-refractivity contribution < 1.29 is 27.5 Å². The maximum absolute atomic E-state index is 13.5. The number of sulfonamides is 1. The zero-order valence-corrected chi connectivity index (χ0v) is 11.6. The highest BCUT2D eigenvalue weighted by atomic mass is 32.2. The molecule has 0 aliphatic carbocycles. The van der Waals surface area contributed by atoms with Crippen LogP contribution in [-0.2, 0) is 10.0 Å². The van der Waals surface area contributed by atoms with Gasteiger partial charge in [-0.25, -0.2) is 27.5 Å². The molecule has 0 atom stereocenters. The first kappa shape index (κ1) is 16.9. The van der Waals surface area contributed by atoms with Gasteiger partial charge in [0.1, 0.15) is 5.82 Å². The summed E-state index contributed by atoms with van der Waals surface area (Å²) >= 11 is 0. The Morgan fingerprint density at radius 2 is 2.00 bits per heavy atom. The first-order valence-corrected chi connectivity index (χ1v) is 7.49. The van der Waals surface area contributed by atoms with Gasteiger partial charge in [0.25, 0.3) is 0 Å². The number of halogens is 1. The number of amides is 2. The van der Waals surface area contributed by atoms with Crippen LogP contribution in [-0.4, -0.2) is 37.8 Å². The highest BCUT2D eigenvalue weighted by Crippen LogP contribution is 2.19. The van der Waals surface area contributed by atoms with Gasteiger partial charge >= 0.3 is 12.0 Å². The number of rotatable bonds is 6. The minimum Gasteiger partial charge on any atom is -0.478 e. The summed E-state index contributed by atoms with van der Waals surface area (Å²) in [5.74, 6) is -2.60. The lowest BCUT2D eigenvalue weighted by Gasteiger charge is -2.10. The average molecular weight is 319 g/mol. The third kappa shape index (κ3) is 5.75. The number of nitrogens with two attached hydrogens (primary N) is 1. The van der Waals surface area contributed by atoms with E-state index in [0.717, 1.165) is 12.1 Å². The van der Waals surface area contributed by atoms with Crippen molar-refractivity contribution >= 4 is 27.7 Å². The molecule has 0 unspecified atom stereocenters. The molecule has 0 saturated heterocycles. The second-order valence-electron chi connectivity index (χ2n) is 4.07. The maximum atomic E-state index is 13.5. The summed E-state index contributed by atoms with van der Waals surface area (Å²) < 4.78 is 34.8. The van der Waals surface area contributed by atoms with Gasteiger partial charge in [-0.1, -0.05) is 6.07 Å². The lowest BCUT2D eigenvalue weighted by molar-refractivity contribution is 0.0697. The molecule has 116 valence electrons. The molecule has 2 amide bonds. The Labute approximate surface area is 120 Å². The van der Waals surface area contributed by atoms with Crippen LogP contribution < -0.4 is 15.8 Å². The molecule has 0 aromatic heterocycles. The molecule has 21 heavy (non-hydrogen) atoms. The van der Waals surface area contributed by atoms with Crippen LogP contribution in [0.3, 0.4) is 0 Å². The molecule has 0 aliphatic heterocycles. The minimum atomic E-state index is -3.62. The van der Waals surface area contributed by atoms with Crippen LogP contribution in [0.1, 0.15) is 16.8 Å². The van der Waals surface area contributed by atoms with Crippen LogP contribution >= 0.6 is 0 Å². The van der Waals surface area contributed by atoms with Crippen molar-refractivity contribution in [1.82, 2.24) is 5.32 Å². The van der Waals surface area contributed by atoms with Gasteiger partial charge in [0.2, 0.25) is 10.0 Å². The molecule has 10 heteroatoms. The zero-order chi connectivity index (χ0) is 16.0. The fourth-order valence-electron chi connectivity index (χ4n) is 1.46. The van der Waals surface area contributed by atoms with Crippen LogP contribution in [0.4, 0.5) is 14.9 Å². The fraction of sp³-hybridized carbons (Fsp3) is 0.273. The first-order chi connectivity index (χ1) is 9.70. The number of carboxylic acid groups (broad SMARTS) is 1. The van der Waals surface area contributed by atoms with Crippen molar-refractivity contribution in [1.29, 1.82) is 0 Å². The molecule has 5 N–H and O–H groups in total. The van der Waals surface area contributed by atoms with Crippen LogP contribution in [0.25, 0.3) is 0 Å². The molecule has 1 aromatic carbocycles. The quantitative estimate of drug-likeness (QED) is 0.559. The molecule has 0 spiro atoms. The van der Waals surface area contributed by atoms with Gasteiger partial charge in [-0.15, -0.1) is 0 Å². The number of benzene rings is 1. The summed E-state index contributed by atoms with van der Waals surface area (Å²) in [5.41, 5.74) is -0.858. The van der Waals surface area contributed by atoms with E-state index in [0.29, 0.717) is 0 Å². The number of hydrogen-bond donors (Lipinski definition) is 4. The number of carbonyl (C=O) groups excluding carboxylic acids is 1. The van der Waals surface area contributed by atoms with Crippen molar-refractivity contribution in [2.75, 3.05) is 17.6 Å². The number of anilines is 1. The maximum Gasteiger partial charge on any atom is 0.337 e. The Morgan fingerprint density at radius 1 is 1.33 bits per heavy atom. The molecule has 0 saturated carbocycles. The first-order valence-electron chi connectivity index (χ1n) is 5.78. The van der Waals surface area contributed by atoms with Gasteiger partial charge in [-0.05, 0) is 18.6 Å². The number of para-hydroxylation sites is 1. The zero-order valence-electron chi connectivity index (χ0n) is 10.8. The molecule has 1 rings (SSSR count). The minimum absolute atomic E-state index is 0.0148. The third-order valence-electron chi connectivity index (χ3n) is 2.37. The third-order valence-corrected chi connectivity index (χ3v) is 3.23. The Kier molecular flexibility index (Phi) is 5.61. The summed E-state index contributed by atoms with van der Waals surface area (Å²) in [7, 11) is -3.62. The standard InChI is InChI=1S/C11H14FN3O5S/c12-8-4-1-3-7(10(16)17)9(8)15-11(18)14-5-2-6-21(13,19)20/h1,3-4H,2,5-6H2,(H,16,17)(H2,13,19,20)(H2,14,15,18). The summed E-state index contributed by atoms with van der Waals surface area (Å²) in [4.78, 5) is 22.4. The van der Waals surface area contributed by atoms with E-state index >= 15 is 0 Å². The molecular weight excluding hydrogens is 305 g/mol. The fourth-order valence-corrected chi connectivity index (χ4v) is 2.01. The summed E-state index contributed by atoms with van der Waals surface area (Å²) in [6.07, 6.45) is 0.0787. The highest BCUT2D eigenvalue weighted by Gasteiger charge is 2.16. The van der Waals surface area contributed by atoms with Crippen LogP contribution in [0.5, 0.6) is 0 Å². The summed E-state index contributed by atoms with van der Waals surface area (Å²) in [5, 5.41) is 18.0. The largest absolute Gasteiger partial charge is 0.478 e. The van der Waals surface area contributed by atoms with Gasteiger partial charge in [-0.2, -0.15) is 0 Å². The van der Waals surface area contributed by atoms with Gasteiger partial charge < -0.3 is 15.7 Å². The monoisotopic (exact) mass is 319 g/mol. The summed E-state index contributed by atoms with van der Waals surface area (Å²) in [6, 6.07) is 2.50. The Hall–Kier alpha value is -2.20. The normalized spacial score (nSPS) is 11.0. The Balaban J connectivity index is 2.61. The highest BCUT2D eigenvalue weighted by molar-refractivity contribution is 7.89. The van der Waals surface area contributed by atoms with Crippen molar-refractivity contribution in [3.05, 3.63) is 29.6 Å². The van der Waals surface area contributed by atoms with Crippen LogP contribution in [0.2, 0.25) is 0 Å². The number of carbonyl (C=O) groups is 2. The van der Waals surface area contributed by atoms with E-state index in [-0.39, 0.29) is 18.7 Å². The second kappa shape index (κ2) is 6.99. The van der Waals surface area contributed by atoms with E-state index in [4.69, 9.17) is 10.2 Å². The number of nitrogens with one attached hydrogen (secondary N) is 2. The SMILES string of the molecule is NS(=O)(=O)CCCNC(=O)Nc1c(F)cccc1C(=O)O. The lowest BCUT2D eigenvalue weighted by Crippen LogP contribution is -2.32. The van der Waals surface area contributed by atoms with E-state index in [1.165, 1.54) is 6.07 Å². The molecule has 0 radical (unpaired) electrons. The molecule has 1 aromatic rings. The smallest absolute Gasteiger partial charge is 0.337 e. The van der Waals surface area contributed by atoms with Gasteiger partial charge in [-0.3, -0.25) is 0 Å². The Morgan fingerprint density at radius 3 is 2.57 bits per heavy atom. The second-order valence-corrected chi connectivity index (χ2v) is 5.80. The van der Waals surface area contributed by atoms with E-state index in [9.17, 15) is 22.4 Å². The van der Waals surface area contributed by atoms with E-state index in [2.05, 4.69) is 10.6 Å². The summed E-state index contributed by atoms with van der Waals surface area (Å²) in [6.45, 7) is -0.0148. The number of urea groups is 1. The molecule has 0 aliphatic rings. The van der Waals surface area contributed by atoms with Crippen molar-refractivity contribution in [2.24, 2.45) is 5.14 Å². The van der Waals surface area contributed by atoms with E-state index in [1.54, 1.807) is 0 Å². The van der Waals surface area contributed by atoms with Crippen molar-refractivity contribution in [3.8, 4) is 0 Å². The molecular formula is C11H14FN3O5S. The topological polar surface area (TPSA) is 139 Å². The van der Waals surface area contributed by atoms with Gasteiger partial charge in [0.15, 0.2) is 0 Å². The van der Waals surface area contributed by atoms with Crippen molar-refractivity contribution in [2.45, 2.75) is 6.42 Å². The molecule has 0 fully saturated rings. The van der Waals surface area contributed by atoms with Crippen molar-refractivity contribution in [3.63, 3.8) is 0 Å². The Bertz CT molecular complexity index is 647. The van der Waals surface area contributed by atoms with E-state index < -0.39 is 39.1 Å². The molecule has 0 bridgehead atoms. The molecule has 0 heterocycles. The van der Waals surface area contributed by atoms with Crippen LogP contribution in [0.15, 0.2) is 18.2 Å². The number of carboxylic acids is 1. The number of aromatic carboxylic acids is 1. The van der Waals surface area contributed by atoms with Crippen LogP contribution in [0, 0.1) is 5.82 Å². The predicted octanol–water partition coefficient (Wildman–Crippen LogP) is 0.324. The van der Waals surface area contributed by atoms with Gasteiger partial charge in [0.05, 0.1) is 17.0 Å². The predicted molar refractivity (Wildman–Crippen MR) is 73.0 cm³/mol. The molecule has 8 nitrogen and oxygen atoms in total. The number of hydrogen-bond acceptors (Lipinski definition) is 4. The van der Waals surface area contributed by atoms with Gasteiger partial charge in [0, 0.05) is 6.54 Å². The van der Waals surface area contributed by atoms with E-state index in [1.807, 2.05) is 0 Å². The average Bonchev–Trinajstić information content (AvgIpc) is 2.35. The lowest BCUT2D eigenvalue weighted by atomic mass is 10.1. The number of primary sulfonamides is 1.